The quantitative estimate of drug-likeness (QED) is 0.122. The molecule has 0 unspecified atom stereocenters. The van der Waals surface area contributed by atoms with Gasteiger partial charge in [0.2, 0.25) is 0 Å². The van der Waals surface area contributed by atoms with Crippen molar-refractivity contribution in [3.05, 3.63) is 105 Å². The maximum atomic E-state index is 13.9. The summed E-state index contributed by atoms with van der Waals surface area (Å²) < 4.78 is 16.2. The molecule has 0 saturated carbocycles. The molecule has 1 aromatic heterocycles. The van der Waals surface area contributed by atoms with Gasteiger partial charge in [-0.05, 0) is 59.0 Å². The summed E-state index contributed by atoms with van der Waals surface area (Å²) >= 11 is 6.98. The van der Waals surface area contributed by atoms with Crippen molar-refractivity contribution in [3.8, 4) is 16.9 Å². The lowest BCUT2D eigenvalue weighted by Crippen LogP contribution is -2.45. The van der Waals surface area contributed by atoms with Crippen LogP contribution in [0.3, 0.4) is 0 Å². The molecule has 2 aliphatic rings. The molecule has 6 rings (SSSR count). The Balaban J connectivity index is 1.20. The zero-order chi connectivity index (χ0) is 35.9. The number of carbonyl (C=O) groups is 2. The van der Waals surface area contributed by atoms with E-state index in [1.807, 2.05) is 36.4 Å². The number of rotatable bonds is 15. The molecule has 0 radical (unpaired) electrons. The predicted molar refractivity (Wildman–Crippen MR) is 194 cm³/mol. The Labute approximate surface area is 301 Å². The van der Waals surface area contributed by atoms with E-state index in [9.17, 15) is 19.8 Å². The highest BCUT2D eigenvalue weighted by atomic mass is 35.5. The molecule has 1 fully saturated rings. The van der Waals surface area contributed by atoms with Crippen LogP contribution in [0, 0.1) is 0 Å². The van der Waals surface area contributed by atoms with Gasteiger partial charge in [0.1, 0.15) is 11.4 Å². The third-order valence-electron chi connectivity index (χ3n) is 9.20. The number of ether oxygens (including phenoxy) is 3. The highest BCUT2D eigenvalue weighted by Gasteiger charge is 2.29. The third-order valence-corrected chi connectivity index (χ3v) is 9.61. The van der Waals surface area contributed by atoms with Crippen molar-refractivity contribution in [2.24, 2.45) is 0 Å². The number of halogens is 1. The lowest BCUT2D eigenvalue weighted by molar-refractivity contribution is -0.00584. The minimum Gasteiger partial charge on any atom is -0.496 e. The van der Waals surface area contributed by atoms with Crippen LogP contribution in [-0.4, -0.2) is 86.3 Å². The number of pyridine rings is 1. The minimum absolute atomic E-state index is 0.208. The van der Waals surface area contributed by atoms with E-state index in [-0.39, 0.29) is 37.3 Å². The van der Waals surface area contributed by atoms with Crippen LogP contribution in [0.2, 0.25) is 5.02 Å². The van der Waals surface area contributed by atoms with Gasteiger partial charge < -0.3 is 45.3 Å². The summed E-state index contributed by atoms with van der Waals surface area (Å²) in [5.74, 6) is 0.0484. The second-order valence-corrected chi connectivity index (χ2v) is 12.9. The van der Waals surface area contributed by atoms with Gasteiger partial charge in [0.05, 0.1) is 62.9 Å². The summed E-state index contributed by atoms with van der Waals surface area (Å²) in [6.07, 6.45) is 2.23. The summed E-state index contributed by atoms with van der Waals surface area (Å²) in [5, 5.41) is 28.7. The normalized spacial score (nSPS) is 14.0. The Morgan fingerprint density at radius 1 is 1.00 bits per heavy atom. The van der Waals surface area contributed by atoms with Crippen molar-refractivity contribution in [3.63, 3.8) is 0 Å². The van der Waals surface area contributed by atoms with Gasteiger partial charge in [-0.15, -0.1) is 0 Å². The monoisotopic (exact) mass is 715 g/mol. The maximum Gasteiger partial charge on any atom is 0.276 e. The molecule has 4 aromatic rings. The topological polar surface area (TPSA) is 155 Å². The number of carbonyl (C=O) groups excluding carboxylic acids is 2. The number of aromatic nitrogens is 1. The van der Waals surface area contributed by atoms with E-state index in [2.05, 4.69) is 20.9 Å². The largest absolute Gasteiger partial charge is 0.496 e. The van der Waals surface area contributed by atoms with Crippen LogP contribution in [0.1, 0.15) is 43.1 Å². The Hall–Kier alpha value is -4.40. The minimum atomic E-state index is -0.468. The number of anilines is 2. The van der Waals surface area contributed by atoms with Crippen molar-refractivity contribution in [1.29, 1.82) is 0 Å². The van der Waals surface area contributed by atoms with Gasteiger partial charge in [-0.2, -0.15) is 0 Å². The standard InChI is InChI=1S/C38H42ClN5O7/c1-49-20-25-13-33(42-17-26(25)16-40-27(18-45)19-46)38(48)44-12-11-30-29(5-4-8-34(30)44)31-6-3-7-32(36(31)39)43-37(47)23-9-10-24(35(14-23)50-2)15-41-28-21-51-22-28/h3-10,13-14,17,27-28,40-41,45-46H,11-12,15-16,18-22H2,1-2H3,(H,43,47). The molecule has 13 heteroatoms. The zero-order valence-electron chi connectivity index (χ0n) is 28.6. The van der Waals surface area contributed by atoms with E-state index >= 15 is 0 Å². The van der Waals surface area contributed by atoms with Crippen LogP contribution < -0.4 is 25.6 Å². The summed E-state index contributed by atoms with van der Waals surface area (Å²) in [5.41, 5.74) is 7.05. The van der Waals surface area contributed by atoms with Crippen molar-refractivity contribution in [2.45, 2.75) is 38.2 Å². The lowest BCUT2D eigenvalue weighted by Gasteiger charge is -2.27. The molecule has 5 N–H and O–H groups in total. The van der Waals surface area contributed by atoms with E-state index < -0.39 is 6.04 Å². The molecule has 0 aliphatic carbocycles. The molecule has 0 spiro atoms. The van der Waals surface area contributed by atoms with Gasteiger partial charge >= 0.3 is 0 Å². The van der Waals surface area contributed by atoms with E-state index in [0.717, 1.165) is 39.1 Å². The Kier molecular flexibility index (Phi) is 11.9. The summed E-state index contributed by atoms with van der Waals surface area (Å²) in [6.45, 7) is 2.63. The molecule has 1 saturated heterocycles. The van der Waals surface area contributed by atoms with Gasteiger partial charge in [0, 0.05) is 55.3 Å². The Morgan fingerprint density at radius 2 is 1.78 bits per heavy atom. The number of methoxy groups -OCH3 is 2. The molecule has 3 aromatic carbocycles. The van der Waals surface area contributed by atoms with Crippen LogP contribution in [-0.2, 0) is 35.6 Å². The van der Waals surface area contributed by atoms with Crippen LogP contribution >= 0.6 is 11.6 Å². The van der Waals surface area contributed by atoms with E-state index in [1.165, 1.54) is 0 Å². The molecule has 268 valence electrons. The fourth-order valence-electron chi connectivity index (χ4n) is 6.24. The number of hydrogen-bond donors (Lipinski definition) is 5. The fraction of sp³-hybridized carbons (Fsp3) is 0.342. The number of fused-ring (bicyclic) bond motifs is 1. The number of hydrogen-bond acceptors (Lipinski definition) is 10. The van der Waals surface area contributed by atoms with Crippen molar-refractivity contribution >= 4 is 34.8 Å². The van der Waals surface area contributed by atoms with Crippen LogP contribution in [0.25, 0.3) is 11.1 Å². The van der Waals surface area contributed by atoms with Gasteiger partial charge in [-0.1, -0.05) is 41.9 Å². The summed E-state index contributed by atoms with van der Waals surface area (Å²) in [7, 11) is 3.16. The summed E-state index contributed by atoms with van der Waals surface area (Å²) in [6, 6.07) is 18.2. The lowest BCUT2D eigenvalue weighted by atomic mass is 9.97. The Morgan fingerprint density at radius 3 is 2.51 bits per heavy atom. The van der Waals surface area contributed by atoms with Crippen molar-refractivity contribution in [1.82, 2.24) is 15.6 Å². The van der Waals surface area contributed by atoms with E-state index in [4.69, 9.17) is 25.8 Å². The third kappa shape index (κ3) is 8.08. The fourth-order valence-corrected chi connectivity index (χ4v) is 6.51. The number of nitrogens with zero attached hydrogens (tertiary/aromatic N) is 2. The second kappa shape index (κ2) is 16.7. The smallest absolute Gasteiger partial charge is 0.276 e. The molecule has 2 aliphatic heterocycles. The second-order valence-electron chi connectivity index (χ2n) is 12.5. The predicted octanol–water partition coefficient (Wildman–Crippen LogP) is 3.94. The highest BCUT2D eigenvalue weighted by Crippen LogP contribution is 2.41. The van der Waals surface area contributed by atoms with E-state index in [1.54, 1.807) is 49.6 Å². The molecule has 3 heterocycles. The van der Waals surface area contributed by atoms with Crippen LogP contribution in [0.4, 0.5) is 11.4 Å². The molecule has 12 nitrogen and oxygen atoms in total. The van der Waals surface area contributed by atoms with Gasteiger partial charge in [0.25, 0.3) is 11.8 Å². The molecular formula is C38H42ClN5O7. The number of amides is 2. The average Bonchev–Trinajstić information content (AvgIpc) is 3.57. The molecule has 0 atom stereocenters. The first-order chi connectivity index (χ1) is 24.8. The Bertz CT molecular complexity index is 1880. The zero-order valence-corrected chi connectivity index (χ0v) is 29.3. The number of aliphatic hydroxyl groups excluding tert-OH is 2. The first-order valence-electron chi connectivity index (χ1n) is 16.8. The van der Waals surface area contributed by atoms with Crippen LogP contribution in [0.5, 0.6) is 5.75 Å². The molecular weight excluding hydrogens is 674 g/mol. The van der Waals surface area contributed by atoms with Gasteiger partial charge in [-0.3, -0.25) is 14.6 Å². The summed E-state index contributed by atoms with van der Waals surface area (Å²) in [4.78, 5) is 33.5. The van der Waals surface area contributed by atoms with Crippen LogP contribution in [0.15, 0.2) is 66.9 Å². The number of aliphatic hydroxyl groups is 2. The number of benzene rings is 3. The number of nitrogens with one attached hydrogen (secondary N) is 3. The SMILES string of the molecule is COCc1cc(C(=O)N2CCc3c(-c4cccc(NC(=O)c5ccc(CNC6COC6)c(OC)c5)c4Cl)cccc32)ncc1CNC(CO)CO. The maximum absolute atomic E-state index is 13.9. The molecule has 51 heavy (non-hydrogen) atoms. The van der Waals surface area contributed by atoms with Gasteiger partial charge in [0.15, 0.2) is 0 Å². The molecule has 0 bridgehead atoms. The van der Waals surface area contributed by atoms with Crippen molar-refractivity contribution < 1.29 is 34.0 Å². The molecule has 2 amide bonds. The van der Waals surface area contributed by atoms with Gasteiger partial charge in [-0.25, -0.2) is 0 Å². The van der Waals surface area contributed by atoms with Crippen molar-refractivity contribution in [2.75, 3.05) is 57.4 Å². The highest BCUT2D eigenvalue weighted by molar-refractivity contribution is 6.36. The van der Waals surface area contributed by atoms with E-state index in [0.29, 0.717) is 67.3 Å². The first kappa shape index (κ1) is 36.4. The first-order valence-corrected chi connectivity index (χ1v) is 17.2. The average molecular weight is 716 g/mol.